The van der Waals surface area contributed by atoms with Crippen molar-refractivity contribution in [1.82, 2.24) is 4.31 Å². The Hall–Kier alpha value is -1.47. The van der Waals surface area contributed by atoms with Gasteiger partial charge in [-0.2, -0.15) is 4.31 Å². The SMILES string of the molecule is CCCCC1CN(C23CC(C2)C3)c2cc(N3CCCCC3)c(O)cc2S(=O)(=O)N1C. The van der Waals surface area contributed by atoms with E-state index in [0.29, 0.717) is 0 Å². The van der Waals surface area contributed by atoms with Crippen LogP contribution >= 0.6 is 0 Å². The second-order valence-electron chi connectivity index (χ2n) is 9.99. The van der Waals surface area contributed by atoms with Crippen molar-refractivity contribution in [2.75, 3.05) is 36.5 Å². The van der Waals surface area contributed by atoms with Crippen molar-refractivity contribution in [2.24, 2.45) is 5.92 Å². The fourth-order valence-electron chi connectivity index (χ4n) is 6.05. The van der Waals surface area contributed by atoms with Crippen molar-refractivity contribution in [2.45, 2.75) is 81.2 Å². The molecule has 7 heteroatoms. The predicted molar refractivity (Wildman–Crippen MR) is 120 cm³/mol. The van der Waals surface area contributed by atoms with Gasteiger partial charge in [-0.15, -0.1) is 0 Å². The smallest absolute Gasteiger partial charge is 0.245 e. The number of anilines is 2. The summed E-state index contributed by atoms with van der Waals surface area (Å²) in [5.41, 5.74) is 1.74. The molecule has 0 spiro atoms. The molecule has 1 saturated heterocycles. The van der Waals surface area contributed by atoms with Crippen molar-refractivity contribution >= 4 is 21.4 Å². The molecule has 1 aromatic carbocycles. The van der Waals surface area contributed by atoms with E-state index in [4.69, 9.17) is 0 Å². The van der Waals surface area contributed by atoms with Crippen molar-refractivity contribution in [1.29, 1.82) is 0 Å². The zero-order chi connectivity index (χ0) is 21.1. The van der Waals surface area contributed by atoms with Gasteiger partial charge in [0.15, 0.2) is 0 Å². The number of hydrogen-bond acceptors (Lipinski definition) is 5. The van der Waals surface area contributed by atoms with Gasteiger partial charge in [-0.25, -0.2) is 8.42 Å². The third kappa shape index (κ3) is 3.03. The number of hydrogen-bond donors (Lipinski definition) is 1. The largest absolute Gasteiger partial charge is 0.506 e. The van der Waals surface area contributed by atoms with E-state index in [9.17, 15) is 13.5 Å². The molecule has 5 aliphatic rings. The number of sulfonamides is 1. The summed E-state index contributed by atoms with van der Waals surface area (Å²) in [4.78, 5) is 4.94. The van der Waals surface area contributed by atoms with Gasteiger partial charge in [0.25, 0.3) is 0 Å². The predicted octanol–water partition coefficient (Wildman–Crippen LogP) is 3.93. The Morgan fingerprint density at radius 1 is 1.10 bits per heavy atom. The molecule has 6 nitrogen and oxygen atoms in total. The first-order valence-electron chi connectivity index (χ1n) is 11.7. The van der Waals surface area contributed by atoms with Gasteiger partial charge >= 0.3 is 0 Å². The quantitative estimate of drug-likeness (QED) is 0.762. The molecule has 0 aromatic heterocycles. The van der Waals surface area contributed by atoms with Crippen LogP contribution in [-0.2, 0) is 10.0 Å². The Labute approximate surface area is 180 Å². The highest BCUT2D eigenvalue weighted by Gasteiger charge is 2.61. The fraction of sp³-hybridized carbons (Fsp3) is 0.739. The molecule has 0 radical (unpaired) electrons. The molecule has 3 saturated carbocycles. The minimum absolute atomic E-state index is 0.0306. The number of fused-ring (bicyclic) bond motifs is 1. The molecule has 2 aliphatic heterocycles. The van der Waals surface area contributed by atoms with E-state index in [1.807, 2.05) is 6.07 Å². The summed E-state index contributed by atoms with van der Waals surface area (Å²) < 4.78 is 28.8. The molecular weight excluding hydrogens is 398 g/mol. The highest BCUT2D eigenvalue weighted by Crippen LogP contribution is 2.62. The molecule has 6 rings (SSSR count). The number of likely N-dealkylation sites (N-methyl/N-ethyl adjacent to an activating group) is 1. The second-order valence-corrected chi connectivity index (χ2v) is 12.0. The normalized spacial score (nSPS) is 32.7. The summed E-state index contributed by atoms with van der Waals surface area (Å²) in [7, 11) is -1.93. The number of benzene rings is 1. The van der Waals surface area contributed by atoms with Crippen LogP contribution in [0.4, 0.5) is 11.4 Å². The molecular formula is C23H35N3O3S. The maximum absolute atomic E-state index is 13.6. The van der Waals surface area contributed by atoms with E-state index < -0.39 is 10.0 Å². The van der Waals surface area contributed by atoms with E-state index in [-0.39, 0.29) is 22.2 Å². The first-order chi connectivity index (χ1) is 14.4. The number of phenols is 1. The molecule has 1 N–H and O–H groups in total. The lowest BCUT2D eigenvalue weighted by atomic mass is 9.49. The molecule has 1 atom stereocenters. The van der Waals surface area contributed by atoms with Crippen LogP contribution in [-0.4, -0.2) is 56.1 Å². The number of rotatable bonds is 5. The van der Waals surface area contributed by atoms with Crippen molar-refractivity contribution in [3.05, 3.63) is 12.1 Å². The molecule has 4 fully saturated rings. The maximum atomic E-state index is 13.6. The first-order valence-corrected chi connectivity index (χ1v) is 13.2. The Kier molecular flexibility index (Phi) is 4.97. The number of phenolic OH excluding ortho intramolecular Hbond substituents is 1. The highest BCUT2D eigenvalue weighted by molar-refractivity contribution is 7.89. The van der Waals surface area contributed by atoms with Crippen molar-refractivity contribution < 1.29 is 13.5 Å². The molecule has 166 valence electrons. The summed E-state index contributed by atoms with van der Waals surface area (Å²) in [6.45, 7) is 4.75. The van der Waals surface area contributed by atoms with Crippen LogP contribution in [0.3, 0.4) is 0 Å². The molecule has 0 amide bonds. The van der Waals surface area contributed by atoms with Gasteiger partial charge in [-0.3, -0.25) is 0 Å². The van der Waals surface area contributed by atoms with E-state index in [1.165, 1.54) is 31.7 Å². The zero-order valence-corrected chi connectivity index (χ0v) is 19.1. The number of piperidine rings is 1. The summed E-state index contributed by atoms with van der Waals surface area (Å²) in [5, 5.41) is 10.9. The lowest BCUT2D eigenvalue weighted by molar-refractivity contribution is -0.0270. The minimum atomic E-state index is -3.65. The molecule has 1 unspecified atom stereocenters. The third-order valence-electron chi connectivity index (χ3n) is 8.08. The average molecular weight is 434 g/mol. The van der Waals surface area contributed by atoms with Crippen molar-refractivity contribution in [3.63, 3.8) is 0 Å². The summed E-state index contributed by atoms with van der Waals surface area (Å²) in [5.74, 6) is 0.913. The van der Waals surface area contributed by atoms with Crippen LogP contribution < -0.4 is 9.80 Å². The van der Waals surface area contributed by atoms with E-state index in [0.717, 1.165) is 69.0 Å². The van der Waals surface area contributed by atoms with E-state index >= 15 is 0 Å². The molecule has 2 bridgehead atoms. The lowest BCUT2D eigenvalue weighted by Gasteiger charge is -2.67. The summed E-state index contributed by atoms with van der Waals surface area (Å²) in [6, 6.07) is 3.49. The second kappa shape index (κ2) is 7.30. The van der Waals surface area contributed by atoms with Gasteiger partial charge in [-0.1, -0.05) is 19.8 Å². The van der Waals surface area contributed by atoms with Gasteiger partial charge in [0.05, 0.1) is 11.4 Å². The van der Waals surface area contributed by atoms with Crippen LogP contribution in [0.2, 0.25) is 0 Å². The van der Waals surface area contributed by atoms with Crippen LogP contribution in [0.1, 0.15) is 64.7 Å². The zero-order valence-electron chi connectivity index (χ0n) is 18.3. The number of nitrogens with zero attached hydrogens (tertiary/aromatic N) is 3. The van der Waals surface area contributed by atoms with Crippen LogP contribution in [0.25, 0.3) is 0 Å². The van der Waals surface area contributed by atoms with Gasteiger partial charge in [-0.05, 0) is 56.9 Å². The van der Waals surface area contributed by atoms with Crippen LogP contribution in [0.15, 0.2) is 17.0 Å². The standard InChI is InChI=1S/C23H35N3O3S/c1-3-4-8-18-16-26(23-13-17(14-23)15-23)20-11-19(25-9-6-5-7-10-25)21(27)12-22(20)30(28,29)24(18)2/h11-12,17-18,27H,3-10,13-16H2,1-2H3. The Morgan fingerprint density at radius 2 is 1.80 bits per heavy atom. The van der Waals surface area contributed by atoms with Crippen molar-refractivity contribution in [3.8, 4) is 5.75 Å². The summed E-state index contributed by atoms with van der Waals surface area (Å²) >= 11 is 0. The molecule has 30 heavy (non-hydrogen) atoms. The Morgan fingerprint density at radius 3 is 2.40 bits per heavy atom. The average Bonchev–Trinajstić information content (AvgIpc) is 2.74. The lowest BCUT2D eigenvalue weighted by Crippen LogP contribution is -2.69. The molecule has 2 heterocycles. The minimum Gasteiger partial charge on any atom is -0.506 e. The van der Waals surface area contributed by atoms with Crippen LogP contribution in [0, 0.1) is 5.92 Å². The van der Waals surface area contributed by atoms with Crippen LogP contribution in [0.5, 0.6) is 5.75 Å². The van der Waals surface area contributed by atoms with Gasteiger partial charge in [0.1, 0.15) is 10.6 Å². The highest BCUT2D eigenvalue weighted by atomic mass is 32.2. The number of unbranched alkanes of at least 4 members (excludes halogenated alkanes) is 1. The topological polar surface area (TPSA) is 64.1 Å². The number of aromatic hydroxyl groups is 1. The van der Waals surface area contributed by atoms with Gasteiger partial charge in [0, 0.05) is 44.3 Å². The Balaban J connectivity index is 1.62. The molecule has 1 aromatic rings. The van der Waals surface area contributed by atoms with E-state index in [2.05, 4.69) is 16.7 Å². The van der Waals surface area contributed by atoms with Gasteiger partial charge in [0.2, 0.25) is 10.0 Å². The maximum Gasteiger partial charge on any atom is 0.245 e. The van der Waals surface area contributed by atoms with Gasteiger partial charge < -0.3 is 14.9 Å². The molecule has 3 aliphatic carbocycles. The Bertz CT molecular complexity index is 909. The summed E-state index contributed by atoms with van der Waals surface area (Å²) in [6.07, 6.45) is 9.94. The monoisotopic (exact) mass is 433 g/mol. The fourth-order valence-corrected chi connectivity index (χ4v) is 7.62. The third-order valence-corrected chi connectivity index (χ3v) is 10.0. The first kappa shape index (κ1) is 20.4. The van der Waals surface area contributed by atoms with E-state index in [1.54, 1.807) is 11.4 Å².